The lowest BCUT2D eigenvalue weighted by atomic mass is 9.99. The molecule has 2 aromatic heterocycles. The van der Waals surface area contributed by atoms with Crippen molar-refractivity contribution in [2.45, 2.75) is 32.2 Å². The first-order valence-corrected chi connectivity index (χ1v) is 10.8. The molecule has 30 heavy (non-hydrogen) atoms. The normalized spacial score (nSPS) is 16.1. The molecule has 1 amide bonds. The van der Waals surface area contributed by atoms with E-state index in [9.17, 15) is 9.18 Å². The van der Waals surface area contributed by atoms with Gasteiger partial charge >= 0.3 is 0 Å². The number of anilines is 1. The highest BCUT2D eigenvalue weighted by molar-refractivity contribution is 7.09. The highest BCUT2D eigenvalue weighted by Gasteiger charge is 2.34. The molecule has 0 aliphatic carbocycles. The lowest BCUT2D eigenvalue weighted by Crippen LogP contribution is -2.33. The molecule has 0 unspecified atom stereocenters. The number of hydrogen-bond donors (Lipinski definition) is 0. The van der Waals surface area contributed by atoms with Crippen LogP contribution in [0.25, 0.3) is 11.1 Å². The first-order valence-electron chi connectivity index (χ1n) is 9.93. The molecule has 1 aliphatic rings. The van der Waals surface area contributed by atoms with Crippen molar-refractivity contribution in [2.24, 2.45) is 0 Å². The molecule has 3 aromatic rings. The van der Waals surface area contributed by atoms with E-state index in [1.807, 2.05) is 36.2 Å². The molecular weight excluding hydrogens is 401 g/mol. The number of hydrogen-bond acceptors (Lipinski definition) is 6. The Labute approximate surface area is 179 Å². The van der Waals surface area contributed by atoms with Gasteiger partial charge in [-0.1, -0.05) is 18.2 Å². The van der Waals surface area contributed by atoms with E-state index in [4.69, 9.17) is 4.98 Å². The molecule has 0 spiro atoms. The molecule has 0 saturated carbocycles. The number of nitrogens with zero attached hydrogens (tertiary/aromatic N) is 5. The van der Waals surface area contributed by atoms with Crippen molar-refractivity contribution in [3.63, 3.8) is 0 Å². The minimum atomic E-state index is -0.325. The van der Waals surface area contributed by atoms with Crippen LogP contribution in [0.3, 0.4) is 0 Å². The van der Waals surface area contributed by atoms with Gasteiger partial charge in [0.1, 0.15) is 5.82 Å². The van der Waals surface area contributed by atoms with Crippen molar-refractivity contribution in [1.82, 2.24) is 19.9 Å². The average molecular weight is 426 g/mol. The minimum Gasteiger partial charge on any atom is -0.347 e. The second-order valence-electron chi connectivity index (χ2n) is 7.62. The predicted molar refractivity (Wildman–Crippen MR) is 116 cm³/mol. The number of halogens is 1. The van der Waals surface area contributed by atoms with Gasteiger partial charge in [-0.15, -0.1) is 11.3 Å². The maximum atomic E-state index is 14.6. The number of thiazole rings is 1. The number of carbonyl (C=O) groups excluding carboxylic acids is 1. The summed E-state index contributed by atoms with van der Waals surface area (Å²) in [5.74, 6) is 0.237. The summed E-state index contributed by atoms with van der Waals surface area (Å²) in [5, 5.41) is 2.88. The zero-order valence-electron chi connectivity index (χ0n) is 17.3. The van der Waals surface area contributed by atoms with E-state index in [0.717, 1.165) is 23.5 Å². The number of benzene rings is 1. The van der Waals surface area contributed by atoms with Gasteiger partial charge in [-0.3, -0.25) is 4.79 Å². The van der Waals surface area contributed by atoms with Crippen LogP contribution in [0.1, 0.15) is 35.3 Å². The van der Waals surface area contributed by atoms with Crippen LogP contribution in [0.4, 0.5) is 10.3 Å². The summed E-state index contributed by atoms with van der Waals surface area (Å²) in [6, 6.07) is 6.40. The Morgan fingerprint density at radius 2 is 2.07 bits per heavy atom. The fourth-order valence-corrected chi connectivity index (χ4v) is 4.45. The standard InChI is InChI=1S/C22H24FN5OS/c1-14-25-15(13-30-14)11-20(29)28-10-6-9-19(28)21-17(12-24-22(26-21)27(2)3)16-7-4-5-8-18(16)23/h4-5,7-8,12-13,19H,6,9-11H2,1-3H3/t19-/m0/s1. The third-order valence-electron chi connectivity index (χ3n) is 5.26. The van der Waals surface area contributed by atoms with Gasteiger partial charge < -0.3 is 9.80 Å². The monoisotopic (exact) mass is 425 g/mol. The van der Waals surface area contributed by atoms with Gasteiger partial charge in [-0.2, -0.15) is 0 Å². The summed E-state index contributed by atoms with van der Waals surface area (Å²) in [6.07, 6.45) is 3.60. The number of likely N-dealkylation sites (tertiary alicyclic amines) is 1. The molecule has 156 valence electrons. The first kappa shape index (κ1) is 20.4. The molecule has 1 aromatic carbocycles. The van der Waals surface area contributed by atoms with Gasteiger partial charge in [0.25, 0.3) is 0 Å². The maximum absolute atomic E-state index is 14.6. The van der Waals surface area contributed by atoms with E-state index >= 15 is 0 Å². The Kier molecular flexibility index (Phi) is 5.76. The van der Waals surface area contributed by atoms with Crippen molar-refractivity contribution < 1.29 is 9.18 Å². The first-order chi connectivity index (χ1) is 14.4. The van der Waals surface area contributed by atoms with E-state index in [-0.39, 0.29) is 24.2 Å². The number of aromatic nitrogens is 3. The summed E-state index contributed by atoms with van der Waals surface area (Å²) in [6.45, 7) is 2.59. The summed E-state index contributed by atoms with van der Waals surface area (Å²) >= 11 is 1.54. The third-order valence-corrected chi connectivity index (χ3v) is 6.08. The van der Waals surface area contributed by atoms with Crippen molar-refractivity contribution in [1.29, 1.82) is 0 Å². The fraction of sp³-hybridized carbons (Fsp3) is 0.364. The fourth-order valence-electron chi connectivity index (χ4n) is 3.84. The van der Waals surface area contributed by atoms with Crippen molar-refractivity contribution >= 4 is 23.2 Å². The minimum absolute atomic E-state index is 0.0206. The van der Waals surface area contributed by atoms with Crippen LogP contribution >= 0.6 is 11.3 Å². The van der Waals surface area contributed by atoms with Gasteiger partial charge in [-0.25, -0.2) is 19.3 Å². The van der Waals surface area contributed by atoms with Crippen LogP contribution in [0, 0.1) is 12.7 Å². The zero-order valence-corrected chi connectivity index (χ0v) is 18.1. The highest BCUT2D eigenvalue weighted by Crippen LogP contribution is 2.38. The van der Waals surface area contributed by atoms with E-state index in [1.54, 1.807) is 35.7 Å². The lowest BCUT2D eigenvalue weighted by molar-refractivity contribution is -0.131. The van der Waals surface area contributed by atoms with Crippen molar-refractivity contribution in [3.8, 4) is 11.1 Å². The molecule has 1 fully saturated rings. The van der Waals surface area contributed by atoms with Crippen LogP contribution in [-0.2, 0) is 11.2 Å². The van der Waals surface area contributed by atoms with Crippen LogP contribution in [0.2, 0.25) is 0 Å². The quantitative estimate of drug-likeness (QED) is 0.618. The van der Waals surface area contributed by atoms with Crippen LogP contribution < -0.4 is 4.90 Å². The number of amides is 1. The molecule has 0 bridgehead atoms. The molecule has 1 saturated heterocycles. The Morgan fingerprint density at radius 3 is 2.77 bits per heavy atom. The topological polar surface area (TPSA) is 62.2 Å². The number of carbonyl (C=O) groups is 1. The molecule has 0 radical (unpaired) electrons. The van der Waals surface area contributed by atoms with Crippen molar-refractivity contribution in [2.75, 3.05) is 25.5 Å². The molecule has 1 aliphatic heterocycles. The molecule has 3 heterocycles. The Hall–Kier alpha value is -2.87. The van der Waals surface area contributed by atoms with Crippen LogP contribution in [-0.4, -0.2) is 46.4 Å². The van der Waals surface area contributed by atoms with Crippen LogP contribution in [0.5, 0.6) is 0 Å². The Morgan fingerprint density at radius 1 is 1.27 bits per heavy atom. The molecule has 8 heteroatoms. The summed E-state index contributed by atoms with van der Waals surface area (Å²) in [5.41, 5.74) is 2.57. The van der Waals surface area contributed by atoms with Crippen molar-refractivity contribution in [3.05, 3.63) is 58.1 Å². The SMILES string of the molecule is Cc1nc(CC(=O)N2CCC[C@H]2c2nc(N(C)C)ncc2-c2ccccc2F)cs1. The largest absolute Gasteiger partial charge is 0.347 e. The van der Waals surface area contributed by atoms with Gasteiger partial charge in [0.2, 0.25) is 11.9 Å². The number of aryl methyl sites for hydroxylation is 1. The molecule has 4 rings (SSSR count). The second kappa shape index (κ2) is 8.47. The van der Waals surface area contributed by atoms with E-state index in [1.165, 1.54) is 6.07 Å². The molecule has 1 atom stereocenters. The lowest BCUT2D eigenvalue weighted by Gasteiger charge is -2.27. The van der Waals surface area contributed by atoms with E-state index in [0.29, 0.717) is 29.3 Å². The van der Waals surface area contributed by atoms with Gasteiger partial charge in [0.15, 0.2) is 0 Å². The average Bonchev–Trinajstić information content (AvgIpc) is 3.37. The Bertz CT molecular complexity index is 1070. The summed E-state index contributed by atoms with van der Waals surface area (Å²) < 4.78 is 14.6. The van der Waals surface area contributed by atoms with E-state index in [2.05, 4.69) is 9.97 Å². The highest BCUT2D eigenvalue weighted by atomic mass is 32.1. The van der Waals surface area contributed by atoms with Gasteiger partial charge in [0, 0.05) is 43.3 Å². The molecular formula is C22H24FN5OS. The third kappa shape index (κ3) is 4.05. The molecule has 6 nitrogen and oxygen atoms in total. The Balaban J connectivity index is 1.72. The second-order valence-corrected chi connectivity index (χ2v) is 8.69. The van der Waals surface area contributed by atoms with Gasteiger partial charge in [-0.05, 0) is 25.8 Å². The van der Waals surface area contributed by atoms with Crippen LogP contribution in [0.15, 0.2) is 35.8 Å². The predicted octanol–water partition coefficient (Wildman–Crippen LogP) is 4.02. The number of rotatable bonds is 5. The van der Waals surface area contributed by atoms with E-state index < -0.39 is 0 Å². The maximum Gasteiger partial charge on any atom is 0.229 e. The van der Waals surface area contributed by atoms with Gasteiger partial charge in [0.05, 0.1) is 28.9 Å². The summed E-state index contributed by atoms with van der Waals surface area (Å²) in [4.78, 5) is 30.4. The molecule has 0 N–H and O–H groups in total. The zero-order chi connectivity index (χ0) is 21.3. The summed E-state index contributed by atoms with van der Waals surface area (Å²) in [7, 11) is 3.73. The smallest absolute Gasteiger partial charge is 0.229 e.